The maximum absolute atomic E-state index is 2.25. The van der Waals surface area contributed by atoms with E-state index in [1.165, 1.54) is 36.3 Å². The van der Waals surface area contributed by atoms with Crippen molar-refractivity contribution in [1.29, 1.82) is 0 Å². The molecule has 1 aromatic heterocycles. The van der Waals surface area contributed by atoms with Crippen LogP contribution in [0.5, 0.6) is 0 Å². The molecule has 0 bridgehead atoms. The van der Waals surface area contributed by atoms with E-state index in [9.17, 15) is 0 Å². The second-order valence-corrected chi connectivity index (χ2v) is 4.78. The maximum Gasteiger partial charge on any atom is 0.0192 e. The minimum absolute atomic E-state index is 1.20. The first kappa shape index (κ1) is 10.1. The molecule has 0 radical (unpaired) electrons. The zero-order valence-corrected chi connectivity index (χ0v) is 9.22. The molecule has 2 heteroatoms. The highest BCUT2D eigenvalue weighted by Gasteiger charge is 1.92. The van der Waals surface area contributed by atoms with E-state index in [4.69, 9.17) is 0 Å². The average molecular weight is 200 g/mol. The van der Waals surface area contributed by atoms with Gasteiger partial charge in [-0.3, -0.25) is 0 Å². The summed E-state index contributed by atoms with van der Waals surface area (Å²) >= 11 is 3.85. The van der Waals surface area contributed by atoms with E-state index in [0.717, 1.165) is 0 Å². The van der Waals surface area contributed by atoms with Crippen molar-refractivity contribution in [2.75, 3.05) is 5.75 Å². The first-order chi connectivity index (χ1) is 5.93. The third-order valence-electron chi connectivity index (χ3n) is 1.74. The number of thioether (sulfide) groups is 1. The number of hydrogen-bond acceptors (Lipinski definition) is 2. The van der Waals surface area contributed by atoms with Crippen molar-refractivity contribution < 1.29 is 0 Å². The quantitative estimate of drug-likeness (QED) is 0.621. The Kier molecular flexibility index (Phi) is 5.53. The number of rotatable bonds is 6. The van der Waals surface area contributed by atoms with Gasteiger partial charge in [0.15, 0.2) is 0 Å². The molecule has 0 atom stereocenters. The summed E-state index contributed by atoms with van der Waals surface area (Å²) in [5, 5.41) is 4.40. The molecule has 0 N–H and O–H groups in total. The molecule has 0 spiro atoms. The van der Waals surface area contributed by atoms with Crippen LogP contribution in [0.2, 0.25) is 0 Å². The minimum Gasteiger partial charge on any atom is -0.157 e. The van der Waals surface area contributed by atoms with Gasteiger partial charge >= 0.3 is 0 Å². The van der Waals surface area contributed by atoms with Gasteiger partial charge in [-0.2, -0.15) is 23.1 Å². The second-order valence-electron chi connectivity index (χ2n) is 2.89. The van der Waals surface area contributed by atoms with Gasteiger partial charge in [0, 0.05) is 5.75 Å². The van der Waals surface area contributed by atoms with Crippen molar-refractivity contribution in [3.63, 3.8) is 0 Å². The Hall–Kier alpha value is 0.0500. The summed E-state index contributed by atoms with van der Waals surface area (Å²) in [5.41, 5.74) is 1.49. The van der Waals surface area contributed by atoms with Gasteiger partial charge in [0.05, 0.1) is 0 Å². The van der Waals surface area contributed by atoms with Crippen molar-refractivity contribution in [2.24, 2.45) is 0 Å². The van der Waals surface area contributed by atoms with Crippen molar-refractivity contribution >= 4 is 23.1 Å². The molecule has 68 valence electrons. The predicted molar refractivity (Wildman–Crippen MR) is 60.0 cm³/mol. The number of hydrogen-bond donors (Lipinski definition) is 0. The van der Waals surface area contributed by atoms with Crippen molar-refractivity contribution in [3.8, 4) is 0 Å². The fraction of sp³-hybridized carbons (Fsp3) is 0.600. The van der Waals surface area contributed by atoms with Gasteiger partial charge in [-0.15, -0.1) is 0 Å². The Labute approximate surface area is 83.4 Å². The standard InChI is InChI=1S/C10H16S2/c1-2-3-4-6-11-8-10-5-7-12-9-10/h5,7,9H,2-4,6,8H2,1H3. The third kappa shape index (κ3) is 4.17. The molecular weight excluding hydrogens is 184 g/mol. The zero-order chi connectivity index (χ0) is 8.65. The molecule has 0 aliphatic carbocycles. The SMILES string of the molecule is CCCCCSCc1ccsc1. The lowest BCUT2D eigenvalue weighted by Crippen LogP contribution is -1.81. The van der Waals surface area contributed by atoms with E-state index in [1.54, 1.807) is 11.3 Å². The summed E-state index contributed by atoms with van der Waals surface area (Å²) < 4.78 is 0. The van der Waals surface area contributed by atoms with E-state index in [2.05, 4.69) is 35.5 Å². The first-order valence-corrected chi connectivity index (χ1v) is 6.62. The van der Waals surface area contributed by atoms with Crippen LogP contribution < -0.4 is 0 Å². The van der Waals surface area contributed by atoms with Crippen LogP contribution in [0.25, 0.3) is 0 Å². The fourth-order valence-electron chi connectivity index (χ4n) is 1.02. The van der Waals surface area contributed by atoms with E-state index >= 15 is 0 Å². The molecule has 1 aromatic rings. The summed E-state index contributed by atoms with van der Waals surface area (Å²) in [4.78, 5) is 0. The lowest BCUT2D eigenvalue weighted by molar-refractivity contribution is 0.778. The van der Waals surface area contributed by atoms with Crippen LogP contribution in [0, 0.1) is 0 Å². The van der Waals surface area contributed by atoms with E-state index in [1.807, 2.05) is 0 Å². The Balaban J connectivity index is 1.96. The molecule has 0 amide bonds. The lowest BCUT2D eigenvalue weighted by Gasteiger charge is -1.98. The van der Waals surface area contributed by atoms with Gasteiger partial charge in [-0.05, 0) is 34.6 Å². The van der Waals surface area contributed by atoms with Crippen LogP contribution in [0.1, 0.15) is 31.7 Å². The Morgan fingerprint density at radius 3 is 3.00 bits per heavy atom. The van der Waals surface area contributed by atoms with Crippen LogP contribution in [-0.2, 0) is 5.75 Å². The van der Waals surface area contributed by atoms with Gasteiger partial charge in [-0.1, -0.05) is 19.8 Å². The molecule has 0 aliphatic rings. The Morgan fingerprint density at radius 1 is 1.42 bits per heavy atom. The van der Waals surface area contributed by atoms with Crippen LogP contribution in [0.3, 0.4) is 0 Å². The van der Waals surface area contributed by atoms with E-state index in [0.29, 0.717) is 0 Å². The van der Waals surface area contributed by atoms with Gasteiger partial charge < -0.3 is 0 Å². The van der Waals surface area contributed by atoms with Crippen LogP contribution in [0.15, 0.2) is 16.8 Å². The summed E-state index contributed by atoms with van der Waals surface area (Å²) in [6.45, 7) is 2.25. The summed E-state index contributed by atoms with van der Waals surface area (Å²) in [6, 6.07) is 2.22. The van der Waals surface area contributed by atoms with Crippen molar-refractivity contribution in [1.82, 2.24) is 0 Å². The van der Waals surface area contributed by atoms with Gasteiger partial charge in [0.2, 0.25) is 0 Å². The molecule has 0 aliphatic heterocycles. The largest absolute Gasteiger partial charge is 0.157 e. The molecule has 12 heavy (non-hydrogen) atoms. The molecule has 0 saturated carbocycles. The fourth-order valence-corrected chi connectivity index (χ4v) is 2.76. The number of unbranched alkanes of at least 4 members (excludes halogenated alkanes) is 2. The minimum atomic E-state index is 1.20. The summed E-state index contributed by atoms with van der Waals surface area (Å²) in [6.07, 6.45) is 4.10. The summed E-state index contributed by atoms with van der Waals surface area (Å²) in [7, 11) is 0. The molecule has 0 unspecified atom stereocenters. The number of thiophene rings is 1. The van der Waals surface area contributed by atoms with E-state index in [-0.39, 0.29) is 0 Å². The zero-order valence-electron chi connectivity index (χ0n) is 7.58. The Bertz CT molecular complexity index is 180. The molecule has 0 saturated heterocycles. The topological polar surface area (TPSA) is 0 Å². The molecule has 1 heterocycles. The first-order valence-electron chi connectivity index (χ1n) is 4.52. The maximum atomic E-state index is 2.25. The highest BCUT2D eigenvalue weighted by atomic mass is 32.2. The average Bonchev–Trinajstić information content (AvgIpc) is 2.57. The Morgan fingerprint density at radius 2 is 2.33 bits per heavy atom. The predicted octanol–water partition coefficient (Wildman–Crippen LogP) is 4.17. The molecule has 0 aromatic carbocycles. The van der Waals surface area contributed by atoms with Gasteiger partial charge in [0.1, 0.15) is 0 Å². The highest BCUT2D eigenvalue weighted by molar-refractivity contribution is 7.98. The van der Waals surface area contributed by atoms with Crippen LogP contribution in [0.4, 0.5) is 0 Å². The summed E-state index contributed by atoms with van der Waals surface area (Å²) in [5.74, 6) is 2.52. The molecule has 0 fully saturated rings. The van der Waals surface area contributed by atoms with Crippen LogP contribution >= 0.6 is 23.1 Å². The normalized spacial score (nSPS) is 10.4. The van der Waals surface area contributed by atoms with Gasteiger partial charge in [0.25, 0.3) is 0 Å². The van der Waals surface area contributed by atoms with Crippen LogP contribution in [-0.4, -0.2) is 5.75 Å². The van der Waals surface area contributed by atoms with Crippen molar-refractivity contribution in [3.05, 3.63) is 22.4 Å². The second kappa shape index (κ2) is 6.55. The monoisotopic (exact) mass is 200 g/mol. The smallest absolute Gasteiger partial charge is 0.0192 e. The molecule has 1 rings (SSSR count). The van der Waals surface area contributed by atoms with E-state index < -0.39 is 0 Å². The van der Waals surface area contributed by atoms with Crippen molar-refractivity contribution in [2.45, 2.75) is 31.9 Å². The molecular formula is C10H16S2. The molecule has 0 nitrogen and oxygen atoms in total. The highest BCUT2D eigenvalue weighted by Crippen LogP contribution is 2.16. The lowest BCUT2D eigenvalue weighted by atomic mass is 10.3. The third-order valence-corrected chi connectivity index (χ3v) is 3.59. The van der Waals surface area contributed by atoms with Gasteiger partial charge in [-0.25, -0.2) is 0 Å².